The van der Waals surface area contributed by atoms with Gasteiger partial charge in [-0.1, -0.05) is 6.92 Å². The number of pyridine rings is 1. The molecule has 0 unspecified atom stereocenters. The Kier molecular flexibility index (Phi) is 3.50. The van der Waals surface area contributed by atoms with Gasteiger partial charge in [0.25, 0.3) is 5.91 Å². The van der Waals surface area contributed by atoms with Gasteiger partial charge in [-0.25, -0.2) is 0 Å². The van der Waals surface area contributed by atoms with E-state index < -0.39 is 0 Å². The summed E-state index contributed by atoms with van der Waals surface area (Å²) < 4.78 is 0. The normalized spacial score (nSPS) is 14.2. The zero-order valence-electron chi connectivity index (χ0n) is 11.5. The Labute approximate surface area is 118 Å². The minimum atomic E-state index is 0.0141. The molecule has 3 rings (SSSR count). The van der Waals surface area contributed by atoms with Crippen molar-refractivity contribution in [1.82, 2.24) is 20.1 Å². The van der Waals surface area contributed by atoms with Gasteiger partial charge in [-0.05, 0) is 43.0 Å². The number of carbonyl (C=O) groups is 1. The second-order valence-electron chi connectivity index (χ2n) is 5.15. The lowest BCUT2D eigenvalue weighted by Gasteiger charge is -2.21. The van der Waals surface area contributed by atoms with Gasteiger partial charge in [0.2, 0.25) is 0 Å². The van der Waals surface area contributed by atoms with Crippen LogP contribution in [0.2, 0.25) is 0 Å². The molecule has 0 spiro atoms. The second kappa shape index (κ2) is 5.45. The van der Waals surface area contributed by atoms with Crippen LogP contribution in [0.15, 0.2) is 30.6 Å². The first-order valence-electron chi connectivity index (χ1n) is 7.02. The summed E-state index contributed by atoms with van der Waals surface area (Å²) in [6.45, 7) is 2.66. The number of amides is 1. The highest BCUT2D eigenvalue weighted by Crippen LogP contribution is 2.29. The Balaban J connectivity index is 1.78. The lowest BCUT2D eigenvalue weighted by molar-refractivity contribution is 0.0724. The first-order valence-corrected chi connectivity index (χ1v) is 7.02. The van der Waals surface area contributed by atoms with Crippen molar-refractivity contribution in [3.63, 3.8) is 0 Å². The zero-order valence-corrected chi connectivity index (χ0v) is 11.5. The van der Waals surface area contributed by atoms with Crippen molar-refractivity contribution in [2.24, 2.45) is 0 Å². The fourth-order valence-corrected chi connectivity index (χ4v) is 2.24. The molecule has 1 saturated carbocycles. The maximum atomic E-state index is 12.6. The predicted octanol–water partition coefficient (Wildman–Crippen LogP) is 2.17. The average Bonchev–Trinajstić information content (AvgIpc) is 3.21. The molecule has 0 aliphatic heterocycles. The first kappa shape index (κ1) is 12.8. The summed E-state index contributed by atoms with van der Waals surface area (Å²) in [6.07, 6.45) is 6.54. The summed E-state index contributed by atoms with van der Waals surface area (Å²) in [6, 6.07) is 6.11. The van der Waals surface area contributed by atoms with Gasteiger partial charge in [-0.3, -0.25) is 14.9 Å². The number of nitrogens with zero attached hydrogens (tertiary/aromatic N) is 3. The van der Waals surface area contributed by atoms with Crippen LogP contribution < -0.4 is 0 Å². The largest absolute Gasteiger partial charge is 0.330 e. The number of H-pyrrole nitrogens is 1. The summed E-state index contributed by atoms with van der Waals surface area (Å²) >= 11 is 0. The van der Waals surface area contributed by atoms with Crippen molar-refractivity contribution in [2.45, 2.75) is 38.8 Å². The molecule has 1 N–H and O–H groups in total. The van der Waals surface area contributed by atoms with Crippen LogP contribution in [0.3, 0.4) is 0 Å². The molecule has 1 fully saturated rings. The van der Waals surface area contributed by atoms with Crippen LogP contribution >= 0.6 is 0 Å². The van der Waals surface area contributed by atoms with E-state index in [4.69, 9.17) is 0 Å². The summed E-state index contributed by atoms with van der Waals surface area (Å²) in [5, 5.41) is 7.04. The van der Waals surface area contributed by atoms with Gasteiger partial charge >= 0.3 is 0 Å². The number of nitrogens with one attached hydrogen (secondary N) is 1. The molecule has 5 heteroatoms. The van der Waals surface area contributed by atoms with Gasteiger partial charge in [0.1, 0.15) is 5.69 Å². The molecule has 0 saturated heterocycles. The van der Waals surface area contributed by atoms with E-state index in [-0.39, 0.29) is 5.91 Å². The Morgan fingerprint density at radius 2 is 2.15 bits per heavy atom. The number of hydrogen-bond acceptors (Lipinski definition) is 3. The first-order chi connectivity index (χ1) is 9.78. The lowest BCUT2D eigenvalue weighted by atomic mass is 10.2. The van der Waals surface area contributed by atoms with E-state index in [2.05, 4.69) is 15.2 Å². The van der Waals surface area contributed by atoms with E-state index in [1.807, 2.05) is 30.0 Å². The Bertz CT molecular complexity index is 589. The molecular weight excluding hydrogens is 252 g/mol. The van der Waals surface area contributed by atoms with Crippen molar-refractivity contribution in [3.05, 3.63) is 47.5 Å². The molecule has 1 aliphatic rings. The maximum Gasteiger partial charge on any atom is 0.274 e. The standard InChI is InChI=1S/C15H18N4O/c1-2-12-9-14(18-17-12)15(20)19(13-3-4-13)10-11-5-7-16-8-6-11/h5-9,13H,2-4,10H2,1H3,(H,17,18). The Morgan fingerprint density at radius 1 is 1.40 bits per heavy atom. The van der Waals surface area contributed by atoms with Crippen LogP contribution in [0, 0.1) is 0 Å². The number of aryl methyl sites for hydroxylation is 1. The second-order valence-corrected chi connectivity index (χ2v) is 5.15. The van der Waals surface area contributed by atoms with Crippen molar-refractivity contribution >= 4 is 5.91 Å². The molecular formula is C15H18N4O. The molecule has 0 atom stereocenters. The summed E-state index contributed by atoms with van der Waals surface area (Å²) in [7, 11) is 0. The molecule has 0 radical (unpaired) electrons. The van der Waals surface area contributed by atoms with Crippen molar-refractivity contribution in [1.29, 1.82) is 0 Å². The summed E-state index contributed by atoms with van der Waals surface area (Å²) in [5.41, 5.74) is 2.61. The molecule has 5 nitrogen and oxygen atoms in total. The van der Waals surface area contributed by atoms with Crippen LogP contribution in [-0.2, 0) is 13.0 Å². The zero-order chi connectivity index (χ0) is 13.9. The van der Waals surface area contributed by atoms with E-state index in [1.54, 1.807) is 12.4 Å². The van der Waals surface area contributed by atoms with E-state index in [9.17, 15) is 4.79 Å². The third-order valence-corrected chi connectivity index (χ3v) is 3.58. The van der Waals surface area contributed by atoms with E-state index >= 15 is 0 Å². The average molecular weight is 270 g/mol. The molecule has 0 aromatic carbocycles. The van der Waals surface area contributed by atoms with Crippen molar-refractivity contribution in [2.75, 3.05) is 0 Å². The Morgan fingerprint density at radius 3 is 2.75 bits per heavy atom. The highest BCUT2D eigenvalue weighted by atomic mass is 16.2. The summed E-state index contributed by atoms with van der Waals surface area (Å²) in [4.78, 5) is 18.5. The van der Waals surface area contributed by atoms with Gasteiger partial charge in [-0.2, -0.15) is 5.10 Å². The summed E-state index contributed by atoms with van der Waals surface area (Å²) in [5.74, 6) is 0.0141. The third-order valence-electron chi connectivity index (χ3n) is 3.58. The maximum absolute atomic E-state index is 12.6. The number of carbonyl (C=O) groups excluding carboxylic acids is 1. The van der Waals surface area contributed by atoms with E-state index in [0.29, 0.717) is 18.3 Å². The molecule has 2 heterocycles. The van der Waals surface area contributed by atoms with Crippen LogP contribution in [0.5, 0.6) is 0 Å². The van der Waals surface area contributed by atoms with E-state index in [0.717, 1.165) is 30.5 Å². The Hall–Kier alpha value is -2.17. The third kappa shape index (κ3) is 2.71. The molecule has 2 aromatic rings. The van der Waals surface area contributed by atoms with Crippen LogP contribution in [0.25, 0.3) is 0 Å². The van der Waals surface area contributed by atoms with Gasteiger partial charge in [-0.15, -0.1) is 0 Å². The quantitative estimate of drug-likeness (QED) is 0.905. The monoisotopic (exact) mass is 270 g/mol. The molecule has 20 heavy (non-hydrogen) atoms. The van der Waals surface area contributed by atoms with Crippen LogP contribution in [0.4, 0.5) is 0 Å². The molecule has 2 aromatic heterocycles. The SMILES string of the molecule is CCc1cc(C(=O)N(Cc2ccncc2)C2CC2)n[nH]1. The smallest absolute Gasteiger partial charge is 0.274 e. The number of aromatic nitrogens is 3. The molecule has 1 amide bonds. The van der Waals surface area contributed by atoms with Crippen molar-refractivity contribution in [3.8, 4) is 0 Å². The minimum absolute atomic E-state index is 0.0141. The fourth-order valence-electron chi connectivity index (χ4n) is 2.24. The number of rotatable bonds is 5. The topological polar surface area (TPSA) is 61.9 Å². The van der Waals surface area contributed by atoms with Gasteiger partial charge in [0.15, 0.2) is 0 Å². The van der Waals surface area contributed by atoms with Gasteiger partial charge < -0.3 is 4.90 Å². The predicted molar refractivity (Wildman–Crippen MR) is 75.1 cm³/mol. The lowest BCUT2D eigenvalue weighted by Crippen LogP contribution is -2.32. The highest BCUT2D eigenvalue weighted by molar-refractivity contribution is 5.92. The molecule has 1 aliphatic carbocycles. The van der Waals surface area contributed by atoms with Crippen LogP contribution in [0.1, 0.15) is 41.5 Å². The fraction of sp³-hybridized carbons (Fsp3) is 0.400. The van der Waals surface area contributed by atoms with E-state index in [1.165, 1.54) is 0 Å². The molecule has 104 valence electrons. The minimum Gasteiger partial charge on any atom is -0.330 e. The van der Waals surface area contributed by atoms with Crippen molar-refractivity contribution < 1.29 is 4.79 Å². The number of hydrogen-bond donors (Lipinski definition) is 1. The van der Waals surface area contributed by atoms with Gasteiger partial charge in [0, 0.05) is 30.7 Å². The molecule has 0 bridgehead atoms. The highest BCUT2D eigenvalue weighted by Gasteiger charge is 2.33. The number of aromatic amines is 1. The van der Waals surface area contributed by atoms with Crippen LogP contribution in [-0.4, -0.2) is 32.0 Å². The van der Waals surface area contributed by atoms with Gasteiger partial charge in [0.05, 0.1) is 0 Å².